The molecule has 0 aromatic heterocycles. The van der Waals surface area contributed by atoms with E-state index in [-0.39, 0.29) is 0 Å². The van der Waals surface area contributed by atoms with Crippen LogP contribution in [0, 0.1) is 5.92 Å². The van der Waals surface area contributed by atoms with Gasteiger partial charge in [0.1, 0.15) is 0 Å². The van der Waals surface area contributed by atoms with E-state index in [2.05, 4.69) is 15.6 Å². The highest BCUT2D eigenvalue weighted by atomic mass is 15.0. The highest BCUT2D eigenvalue weighted by molar-refractivity contribution is 5.82. The van der Waals surface area contributed by atoms with Gasteiger partial charge < -0.3 is 10.6 Å². The molecule has 0 aliphatic carbocycles. The summed E-state index contributed by atoms with van der Waals surface area (Å²) >= 11 is 0. The Labute approximate surface area is 80.0 Å². The van der Waals surface area contributed by atoms with E-state index in [4.69, 9.17) is 0 Å². The number of hydrogen-bond donors (Lipinski definition) is 2. The van der Waals surface area contributed by atoms with Crippen LogP contribution >= 0.6 is 0 Å². The quantitative estimate of drug-likeness (QED) is 0.660. The second-order valence-electron chi connectivity index (χ2n) is 4.01. The van der Waals surface area contributed by atoms with Crippen LogP contribution in [0.15, 0.2) is 4.99 Å². The number of hydrogen-bond acceptors (Lipinski definition) is 3. The molecule has 2 aliphatic heterocycles. The number of amidine groups is 1. The van der Waals surface area contributed by atoms with Crippen LogP contribution in [0.4, 0.5) is 0 Å². The van der Waals surface area contributed by atoms with Gasteiger partial charge in [0.15, 0.2) is 0 Å². The number of aliphatic imine (C=N–C) groups is 1. The Bertz CT molecular complexity index is 183. The lowest BCUT2D eigenvalue weighted by molar-refractivity contribution is 0.381. The lowest BCUT2D eigenvalue weighted by Gasteiger charge is -2.24. The molecule has 3 nitrogen and oxygen atoms in total. The predicted molar refractivity (Wildman–Crippen MR) is 55.1 cm³/mol. The molecule has 0 amide bonds. The monoisotopic (exact) mass is 181 g/mol. The normalized spacial score (nSPS) is 25.1. The summed E-state index contributed by atoms with van der Waals surface area (Å²) in [5.74, 6) is 2.13. The third kappa shape index (κ3) is 2.69. The lowest BCUT2D eigenvalue weighted by Crippen LogP contribution is -2.34. The van der Waals surface area contributed by atoms with Gasteiger partial charge in [-0.3, -0.25) is 4.99 Å². The van der Waals surface area contributed by atoms with Crippen molar-refractivity contribution >= 4 is 5.84 Å². The van der Waals surface area contributed by atoms with Crippen LogP contribution in [0.2, 0.25) is 0 Å². The molecule has 1 saturated heterocycles. The van der Waals surface area contributed by atoms with Gasteiger partial charge in [-0.2, -0.15) is 0 Å². The minimum atomic E-state index is 0.866. The highest BCUT2D eigenvalue weighted by Crippen LogP contribution is 2.16. The van der Waals surface area contributed by atoms with Gasteiger partial charge in [0.25, 0.3) is 0 Å². The summed E-state index contributed by atoms with van der Waals surface area (Å²) in [6, 6.07) is 0. The molecule has 2 N–H and O–H groups in total. The molecule has 0 spiro atoms. The van der Waals surface area contributed by atoms with Crippen LogP contribution in [-0.2, 0) is 0 Å². The molecule has 13 heavy (non-hydrogen) atoms. The van der Waals surface area contributed by atoms with E-state index < -0.39 is 0 Å². The van der Waals surface area contributed by atoms with Gasteiger partial charge in [0.05, 0.1) is 5.84 Å². The predicted octanol–water partition coefficient (Wildman–Crippen LogP) is 0.768. The summed E-state index contributed by atoms with van der Waals surface area (Å²) in [5, 5.41) is 6.79. The largest absolute Gasteiger partial charge is 0.374 e. The summed E-state index contributed by atoms with van der Waals surface area (Å²) < 4.78 is 0. The van der Waals surface area contributed by atoms with Crippen LogP contribution in [0.25, 0.3) is 0 Å². The first-order valence-corrected chi connectivity index (χ1v) is 5.43. The van der Waals surface area contributed by atoms with Gasteiger partial charge in [0, 0.05) is 19.5 Å². The second-order valence-corrected chi connectivity index (χ2v) is 4.01. The van der Waals surface area contributed by atoms with E-state index in [1.165, 1.54) is 44.6 Å². The van der Waals surface area contributed by atoms with Crippen molar-refractivity contribution in [2.45, 2.75) is 25.7 Å². The Kier molecular flexibility index (Phi) is 3.19. The molecule has 0 saturated carbocycles. The number of nitrogens with one attached hydrogen (secondary N) is 2. The fourth-order valence-electron chi connectivity index (χ4n) is 2.08. The SMILES string of the molecule is C1CN=C(CC2CCNCC2)NC1. The summed E-state index contributed by atoms with van der Waals surface area (Å²) in [6.45, 7) is 4.55. The second kappa shape index (κ2) is 4.61. The zero-order chi connectivity index (χ0) is 8.93. The van der Waals surface area contributed by atoms with Crippen molar-refractivity contribution < 1.29 is 0 Å². The zero-order valence-electron chi connectivity index (χ0n) is 8.18. The average Bonchev–Trinajstić information content (AvgIpc) is 2.21. The minimum Gasteiger partial charge on any atom is -0.374 e. The topological polar surface area (TPSA) is 36.4 Å². The van der Waals surface area contributed by atoms with Crippen LogP contribution < -0.4 is 10.6 Å². The Morgan fingerprint density at radius 2 is 2.08 bits per heavy atom. The molecule has 2 aliphatic rings. The van der Waals surface area contributed by atoms with Gasteiger partial charge >= 0.3 is 0 Å². The molecule has 2 rings (SSSR count). The Balaban J connectivity index is 1.78. The van der Waals surface area contributed by atoms with Crippen molar-refractivity contribution in [3.63, 3.8) is 0 Å². The van der Waals surface area contributed by atoms with Crippen molar-refractivity contribution in [2.75, 3.05) is 26.2 Å². The maximum absolute atomic E-state index is 4.51. The van der Waals surface area contributed by atoms with E-state index in [0.717, 1.165) is 19.0 Å². The van der Waals surface area contributed by atoms with Crippen LogP contribution in [0.1, 0.15) is 25.7 Å². The third-order valence-corrected chi connectivity index (χ3v) is 2.91. The minimum absolute atomic E-state index is 0.866. The van der Waals surface area contributed by atoms with Gasteiger partial charge in [-0.1, -0.05) is 0 Å². The molecule has 0 radical (unpaired) electrons. The third-order valence-electron chi connectivity index (χ3n) is 2.91. The van der Waals surface area contributed by atoms with E-state index in [0.29, 0.717) is 0 Å². The molecular weight excluding hydrogens is 162 g/mol. The summed E-state index contributed by atoms with van der Waals surface area (Å²) in [4.78, 5) is 4.51. The Hall–Kier alpha value is -0.570. The molecule has 0 unspecified atom stereocenters. The van der Waals surface area contributed by atoms with Gasteiger partial charge in [-0.25, -0.2) is 0 Å². The summed E-state index contributed by atoms with van der Waals surface area (Å²) in [6.07, 6.45) is 5.03. The zero-order valence-corrected chi connectivity index (χ0v) is 8.18. The first-order chi connectivity index (χ1) is 6.45. The van der Waals surface area contributed by atoms with Crippen molar-refractivity contribution in [3.8, 4) is 0 Å². The van der Waals surface area contributed by atoms with Crippen LogP contribution in [0.5, 0.6) is 0 Å². The van der Waals surface area contributed by atoms with Crippen LogP contribution in [0.3, 0.4) is 0 Å². The van der Waals surface area contributed by atoms with Gasteiger partial charge in [0.2, 0.25) is 0 Å². The molecule has 0 atom stereocenters. The van der Waals surface area contributed by atoms with E-state index in [9.17, 15) is 0 Å². The van der Waals surface area contributed by atoms with Gasteiger partial charge in [-0.15, -0.1) is 0 Å². The van der Waals surface area contributed by atoms with Crippen molar-refractivity contribution in [2.24, 2.45) is 10.9 Å². The molecule has 2 heterocycles. The van der Waals surface area contributed by atoms with Crippen molar-refractivity contribution in [1.82, 2.24) is 10.6 Å². The number of piperidine rings is 1. The molecular formula is C10H19N3. The lowest BCUT2D eigenvalue weighted by atomic mass is 9.94. The van der Waals surface area contributed by atoms with Crippen molar-refractivity contribution in [3.05, 3.63) is 0 Å². The molecule has 0 aromatic carbocycles. The smallest absolute Gasteiger partial charge is 0.0965 e. The molecule has 0 bridgehead atoms. The fraction of sp³-hybridized carbons (Fsp3) is 0.900. The molecule has 74 valence electrons. The first kappa shape index (κ1) is 9.00. The highest BCUT2D eigenvalue weighted by Gasteiger charge is 2.16. The fourth-order valence-corrected chi connectivity index (χ4v) is 2.08. The average molecular weight is 181 g/mol. The van der Waals surface area contributed by atoms with Crippen LogP contribution in [-0.4, -0.2) is 32.0 Å². The Morgan fingerprint density at radius 1 is 1.23 bits per heavy atom. The summed E-state index contributed by atoms with van der Waals surface area (Å²) in [5.41, 5.74) is 0. The maximum atomic E-state index is 4.51. The summed E-state index contributed by atoms with van der Waals surface area (Å²) in [7, 11) is 0. The van der Waals surface area contributed by atoms with Crippen molar-refractivity contribution in [1.29, 1.82) is 0 Å². The first-order valence-electron chi connectivity index (χ1n) is 5.43. The van der Waals surface area contributed by atoms with E-state index in [1.54, 1.807) is 0 Å². The number of rotatable bonds is 2. The molecule has 3 heteroatoms. The standard InChI is InChI=1S/C10H19N3/c1-4-12-10(13-5-1)8-9-2-6-11-7-3-9/h9,11H,1-8H2,(H,12,13). The van der Waals surface area contributed by atoms with Gasteiger partial charge in [-0.05, 0) is 38.3 Å². The Morgan fingerprint density at radius 3 is 2.77 bits per heavy atom. The van der Waals surface area contributed by atoms with E-state index >= 15 is 0 Å². The molecule has 0 aromatic rings. The maximum Gasteiger partial charge on any atom is 0.0965 e. The molecule has 1 fully saturated rings. The number of nitrogens with zero attached hydrogens (tertiary/aromatic N) is 1. The van der Waals surface area contributed by atoms with E-state index in [1.807, 2.05) is 0 Å².